The summed E-state index contributed by atoms with van der Waals surface area (Å²) in [6.45, 7) is 1.62. The third-order valence-electron chi connectivity index (χ3n) is 4.83. The number of nitrogens with zero attached hydrogens (tertiary/aromatic N) is 1. The number of aryl methyl sites for hydroxylation is 1. The van der Waals surface area contributed by atoms with Gasteiger partial charge >= 0.3 is 11.7 Å². The lowest BCUT2D eigenvalue weighted by molar-refractivity contribution is -0.0223. The molecule has 152 valence electrons. The Bertz CT molecular complexity index is 1190. The lowest BCUT2D eigenvalue weighted by atomic mass is 10.0. The maximum absolute atomic E-state index is 12.3. The minimum absolute atomic E-state index is 0.0172. The predicted octanol–water partition coefficient (Wildman–Crippen LogP) is 2.82. The molecule has 1 aliphatic rings. The Morgan fingerprint density at radius 3 is 2.47 bits per heavy atom. The molecule has 1 N–H and O–H groups in total. The van der Waals surface area contributed by atoms with Crippen LogP contribution in [0, 0.1) is 6.92 Å². The van der Waals surface area contributed by atoms with Gasteiger partial charge in [0.1, 0.15) is 12.7 Å². The quantitative estimate of drug-likeness (QED) is 0.522. The summed E-state index contributed by atoms with van der Waals surface area (Å²) in [4.78, 5) is 38.1. The Morgan fingerprint density at radius 2 is 1.73 bits per heavy atom. The van der Waals surface area contributed by atoms with Crippen molar-refractivity contribution in [3.8, 4) is 11.1 Å². The summed E-state index contributed by atoms with van der Waals surface area (Å²) >= 11 is 0. The summed E-state index contributed by atoms with van der Waals surface area (Å²) in [5.74, 6) is -0.452. The first kappa shape index (κ1) is 19.6. The van der Waals surface area contributed by atoms with Crippen molar-refractivity contribution in [1.29, 1.82) is 0 Å². The largest absolute Gasteiger partial charge is 0.459 e. The molecule has 0 fully saturated rings. The van der Waals surface area contributed by atoms with Crippen molar-refractivity contribution in [2.75, 3.05) is 6.61 Å². The average Bonchev–Trinajstić information content (AvgIpc) is 3.24. The monoisotopic (exact) mass is 404 g/mol. The molecule has 30 heavy (non-hydrogen) atoms. The Hall–Kier alpha value is -3.71. The van der Waals surface area contributed by atoms with Crippen LogP contribution in [0.1, 0.15) is 22.1 Å². The maximum Gasteiger partial charge on any atom is 0.338 e. The van der Waals surface area contributed by atoms with Gasteiger partial charge in [-0.1, -0.05) is 48.5 Å². The molecule has 7 heteroatoms. The average molecular weight is 404 g/mol. The van der Waals surface area contributed by atoms with Gasteiger partial charge in [-0.2, -0.15) is 0 Å². The Kier molecular flexibility index (Phi) is 5.45. The summed E-state index contributed by atoms with van der Waals surface area (Å²) < 4.78 is 12.4. The van der Waals surface area contributed by atoms with Gasteiger partial charge in [0.15, 0.2) is 6.23 Å². The highest BCUT2D eigenvalue weighted by Gasteiger charge is 2.23. The normalized spacial score (nSPS) is 17.8. The van der Waals surface area contributed by atoms with Crippen molar-refractivity contribution >= 4 is 5.97 Å². The molecule has 0 saturated heterocycles. The van der Waals surface area contributed by atoms with Crippen molar-refractivity contribution < 1.29 is 14.3 Å². The lowest BCUT2D eigenvalue weighted by Crippen LogP contribution is -2.33. The molecule has 2 atom stereocenters. The van der Waals surface area contributed by atoms with Gasteiger partial charge in [0, 0.05) is 11.8 Å². The van der Waals surface area contributed by atoms with Gasteiger partial charge in [-0.05, 0) is 36.3 Å². The molecule has 2 heterocycles. The molecule has 3 aromatic rings. The van der Waals surface area contributed by atoms with Crippen LogP contribution in [0.3, 0.4) is 0 Å². The zero-order valence-corrected chi connectivity index (χ0v) is 16.3. The Labute approximate surface area is 172 Å². The first-order valence-corrected chi connectivity index (χ1v) is 9.50. The van der Waals surface area contributed by atoms with Gasteiger partial charge in [-0.3, -0.25) is 14.3 Å². The van der Waals surface area contributed by atoms with Gasteiger partial charge in [-0.15, -0.1) is 0 Å². The molecule has 0 amide bonds. The number of ether oxygens (including phenoxy) is 2. The number of carbonyl (C=O) groups is 1. The second kappa shape index (κ2) is 8.34. The second-order valence-corrected chi connectivity index (χ2v) is 6.97. The SMILES string of the molecule is Cc1cn([C@H]2C=C[C@@H](COC(=O)c3ccc(-c4ccccc4)cc3)O2)c(=O)[nH]c1=O. The van der Waals surface area contributed by atoms with E-state index < -0.39 is 29.6 Å². The van der Waals surface area contributed by atoms with Crippen molar-refractivity contribution in [2.24, 2.45) is 0 Å². The number of hydrogen-bond donors (Lipinski definition) is 1. The van der Waals surface area contributed by atoms with Gasteiger partial charge in [-0.25, -0.2) is 9.59 Å². The summed E-state index contributed by atoms with van der Waals surface area (Å²) in [7, 11) is 0. The van der Waals surface area contributed by atoms with Crippen LogP contribution in [0.15, 0.2) is 82.5 Å². The minimum Gasteiger partial charge on any atom is -0.459 e. The molecule has 0 radical (unpaired) electrons. The first-order valence-electron chi connectivity index (χ1n) is 9.50. The lowest BCUT2D eigenvalue weighted by Gasteiger charge is -2.16. The number of aromatic nitrogens is 2. The highest BCUT2D eigenvalue weighted by Crippen LogP contribution is 2.21. The van der Waals surface area contributed by atoms with Gasteiger partial charge < -0.3 is 9.47 Å². The van der Waals surface area contributed by atoms with E-state index in [1.165, 1.54) is 10.8 Å². The molecule has 1 aromatic heterocycles. The third kappa shape index (κ3) is 4.16. The van der Waals surface area contributed by atoms with E-state index in [1.54, 1.807) is 31.2 Å². The third-order valence-corrected chi connectivity index (χ3v) is 4.83. The molecule has 0 bridgehead atoms. The highest BCUT2D eigenvalue weighted by atomic mass is 16.6. The summed E-state index contributed by atoms with van der Waals surface area (Å²) in [6.07, 6.45) is 3.71. The van der Waals surface area contributed by atoms with Crippen molar-refractivity contribution in [1.82, 2.24) is 9.55 Å². The summed E-state index contributed by atoms with van der Waals surface area (Å²) in [6, 6.07) is 17.1. The Balaban J connectivity index is 1.35. The van der Waals surface area contributed by atoms with Crippen molar-refractivity contribution in [3.63, 3.8) is 0 Å². The number of aromatic amines is 1. The van der Waals surface area contributed by atoms with Crippen LogP contribution in [-0.2, 0) is 9.47 Å². The van der Waals surface area contributed by atoms with Crippen LogP contribution in [0.4, 0.5) is 0 Å². The number of carbonyl (C=O) groups excluding carboxylic acids is 1. The molecule has 7 nitrogen and oxygen atoms in total. The van der Waals surface area contributed by atoms with Gasteiger partial charge in [0.25, 0.3) is 5.56 Å². The summed E-state index contributed by atoms with van der Waals surface area (Å²) in [5.41, 5.74) is 1.94. The van der Waals surface area contributed by atoms with E-state index in [9.17, 15) is 14.4 Å². The molecular weight excluding hydrogens is 384 g/mol. The molecule has 1 aliphatic heterocycles. The van der Waals surface area contributed by atoms with Crippen LogP contribution in [-0.4, -0.2) is 28.2 Å². The molecular formula is C23H20N2O5. The van der Waals surface area contributed by atoms with Crippen LogP contribution in [0.25, 0.3) is 11.1 Å². The van der Waals surface area contributed by atoms with E-state index in [0.29, 0.717) is 11.1 Å². The van der Waals surface area contributed by atoms with E-state index in [2.05, 4.69) is 4.98 Å². The number of benzene rings is 2. The van der Waals surface area contributed by atoms with Crippen LogP contribution >= 0.6 is 0 Å². The highest BCUT2D eigenvalue weighted by molar-refractivity contribution is 5.90. The number of nitrogens with one attached hydrogen (secondary N) is 1. The summed E-state index contributed by atoms with van der Waals surface area (Å²) in [5, 5.41) is 0. The van der Waals surface area contributed by atoms with Crippen LogP contribution in [0.5, 0.6) is 0 Å². The van der Waals surface area contributed by atoms with E-state index >= 15 is 0 Å². The maximum atomic E-state index is 12.3. The number of rotatable bonds is 5. The molecule has 2 aromatic carbocycles. The number of hydrogen-bond acceptors (Lipinski definition) is 5. The zero-order chi connectivity index (χ0) is 21.1. The second-order valence-electron chi connectivity index (χ2n) is 6.97. The fraction of sp³-hybridized carbons (Fsp3) is 0.174. The molecule has 0 spiro atoms. The number of H-pyrrole nitrogens is 1. The molecule has 0 aliphatic carbocycles. The minimum atomic E-state index is -0.665. The first-order chi connectivity index (χ1) is 14.5. The van der Waals surface area contributed by atoms with Gasteiger partial charge in [0.05, 0.1) is 5.56 Å². The van der Waals surface area contributed by atoms with Crippen LogP contribution < -0.4 is 11.2 Å². The number of esters is 1. The standard InChI is InChI=1S/C23H20N2O5/c1-15-13-25(23(28)24-21(15)26)20-12-11-19(30-20)14-29-22(27)18-9-7-17(8-10-18)16-5-3-2-4-6-16/h2-13,19-20H,14H2,1H3,(H,24,26,28)/t19-,20+/m0/s1. The van der Waals surface area contributed by atoms with Crippen molar-refractivity contribution in [2.45, 2.75) is 19.3 Å². The van der Waals surface area contributed by atoms with E-state index in [-0.39, 0.29) is 6.61 Å². The fourth-order valence-electron chi connectivity index (χ4n) is 3.19. The molecule has 0 saturated carbocycles. The van der Waals surface area contributed by atoms with Crippen molar-refractivity contribution in [3.05, 3.63) is 105 Å². The van der Waals surface area contributed by atoms with E-state index in [0.717, 1.165) is 11.1 Å². The predicted molar refractivity (Wildman–Crippen MR) is 111 cm³/mol. The fourth-order valence-corrected chi connectivity index (χ4v) is 3.19. The smallest absolute Gasteiger partial charge is 0.338 e. The van der Waals surface area contributed by atoms with Gasteiger partial charge in [0.2, 0.25) is 0 Å². The Morgan fingerprint density at radius 1 is 1.03 bits per heavy atom. The van der Waals surface area contributed by atoms with Crippen LogP contribution in [0.2, 0.25) is 0 Å². The molecule has 0 unspecified atom stereocenters. The molecule has 4 rings (SSSR count). The van der Waals surface area contributed by atoms with E-state index in [4.69, 9.17) is 9.47 Å². The zero-order valence-electron chi connectivity index (χ0n) is 16.3. The van der Waals surface area contributed by atoms with E-state index in [1.807, 2.05) is 42.5 Å². The topological polar surface area (TPSA) is 90.4 Å².